The van der Waals surface area contributed by atoms with Gasteiger partial charge in [0, 0.05) is 22.4 Å². The lowest BCUT2D eigenvalue weighted by Crippen LogP contribution is -2.18. The molecule has 8 heteroatoms. The number of thiophene rings is 1. The first-order valence-electron chi connectivity index (χ1n) is 7.71. The van der Waals surface area contributed by atoms with Crippen LogP contribution in [0.25, 0.3) is 32.4 Å². The van der Waals surface area contributed by atoms with Crippen LogP contribution in [0.5, 0.6) is 0 Å². The molecule has 1 N–H and O–H groups in total. The lowest BCUT2D eigenvalue weighted by Gasteiger charge is -2.13. The molecule has 0 aliphatic rings. The molecule has 0 amide bonds. The first kappa shape index (κ1) is 17.2. The van der Waals surface area contributed by atoms with E-state index in [1.54, 1.807) is 31.2 Å². The van der Waals surface area contributed by atoms with Crippen LogP contribution in [0.4, 0.5) is 13.2 Å². The van der Waals surface area contributed by atoms with E-state index in [0.717, 1.165) is 4.88 Å². The Balaban J connectivity index is 2.19. The van der Waals surface area contributed by atoms with Gasteiger partial charge in [-0.2, -0.15) is 13.2 Å². The van der Waals surface area contributed by atoms with E-state index in [0.29, 0.717) is 33.1 Å². The van der Waals surface area contributed by atoms with E-state index in [1.165, 1.54) is 22.0 Å². The average Bonchev–Trinajstić information content (AvgIpc) is 3.13. The number of hydrogen-bond donors (Lipinski definition) is 1. The molecule has 0 saturated carbocycles. The third-order valence-corrected chi connectivity index (χ3v) is 5.50. The Labute approximate surface area is 154 Å². The lowest BCUT2D eigenvalue weighted by atomic mass is 10.1. The van der Waals surface area contributed by atoms with Gasteiger partial charge in [0.05, 0.1) is 21.1 Å². The van der Waals surface area contributed by atoms with E-state index >= 15 is 0 Å². The van der Waals surface area contributed by atoms with Crippen LogP contribution in [-0.4, -0.2) is 15.7 Å². The number of hydrogen-bond acceptors (Lipinski definition) is 2. The number of rotatable bonds is 2. The number of nitrogens with one attached hydrogen (secondary N) is 1. The van der Waals surface area contributed by atoms with Gasteiger partial charge in [-0.3, -0.25) is 4.79 Å². The summed E-state index contributed by atoms with van der Waals surface area (Å²) in [5, 5.41) is 3.23. The van der Waals surface area contributed by atoms with Crippen molar-refractivity contribution in [1.29, 1.82) is 0 Å². The quantitative estimate of drug-likeness (QED) is 0.461. The summed E-state index contributed by atoms with van der Waals surface area (Å²) in [7, 11) is 0. The predicted octanol–water partition coefficient (Wildman–Crippen LogP) is 5.74. The van der Waals surface area contributed by atoms with Crippen LogP contribution >= 0.6 is 22.9 Å². The average molecular weight is 397 g/mol. The van der Waals surface area contributed by atoms with Crippen molar-refractivity contribution in [3.63, 3.8) is 0 Å². The molecule has 3 heterocycles. The number of nitrogens with zero attached hydrogens (tertiary/aromatic N) is 1. The molecule has 4 rings (SSSR count). The first-order valence-corrected chi connectivity index (χ1v) is 8.97. The second kappa shape index (κ2) is 5.89. The van der Waals surface area contributed by atoms with E-state index in [1.807, 2.05) is 5.38 Å². The summed E-state index contributed by atoms with van der Waals surface area (Å²) < 4.78 is 41.0. The smallest absolute Gasteiger partial charge is 0.330 e. The molecule has 134 valence electrons. The maximum Gasteiger partial charge on any atom is 0.406 e. The highest BCUT2D eigenvalue weighted by molar-refractivity contribution is 7.13. The van der Waals surface area contributed by atoms with Gasteiger partial charge in [0.25, 0.3) is 0 Å². The van der Waals surface area contributed by atoms with Gasteiger partial charge in [-0.25, -0.2) is 0 Å². The summed E-state index contributed by atoms with van der Waals surface area (Å²) in [5.41, 5.74) is 1.80. The third-order valence-electron chi connectivity index (χ3n) is 4.32. The molecule has 1 aromatic carbocycles. The highest BCUT2D eigenvalue weighted by atomic mass is 35.5. The van der Waals surface area contributed by atoms with Crippen LogP contribution in [0.1, 0.15) is 5.56 Å². The number of benzene rings is 1. The van der Waals surface area contributed by atoms with E-state index < -0.39 is 12.7 Å². The zero-order chi connectivity index (χ0) is 18.6. The highest BCUT2D eigenvalue weighted by Gasteiger charge is 2.31. The largest absolute Gasteiger partial charge is 0.406 e. The zero-order valence-electron chi connectivity index (χ0n) is 13.4. The van der Waals surface area contributed by atoms with Gasteiger partial charge in [0.1, 0.15) is 6.54 Å². The first-order chi connectivity index (χ1) is 12.3. The topological polar surface area (TPSA) is 37.8 Å². The number of fused-ring (bicyclic) bond motifs is 3. The van der Waals surface area contributed by atoms with Crippen molar-refractivity contribution in [3.05, 3.63) is 56.7 Å². The van der Waals surface area contributed by atoms with Crippen LogP contribution in [0.2, 0.25) is 5.02 Å². The van der Waals surface area contributed by atoms with Gasteiger partial charge in [-0.15, -0.1) is 11.3 Å². The highest BCUT2D eigenvalue weighted by Crippen LogP contribution is 2.41. The van der Waals surface area contributed by atoms with Gasteiger partial charge >= 0.3 is 6.18 Å². The monoisotopic (exact) mass is 396 g/mol. The second-order valence-corrected chi connectivity index (χ2v) is 7.37. The molecule has 0 atom stereocenters. The molecule has 4 aromatic rings. The van der Waals surface area contributed by atoms with Crippen LogP contribution in [0.3, 0.4) is 0 Å². The molecule has 0 bridgehead atoms. The van der Waals surface area contributed by atoms with Crippen LogP contribution < -0.4 is 5.56 Å². The molecule has 3 nitrogen and oxygen atoms in total. The molecule has 0 radical (unpaired) electrons. The molecule has 0 unspecified atom stereocenters. The number of aryl methyl sites for hydroxylation is 1. The molecular weight excluding hydrogens is 385 g/mol. The summed E-state index contributed by atoms with van der Waals surface area (Å²) in [6, 6.07) is 8.03. The van der Waals surface area contributed by atoms with E-state index in [4.69, 9.17) is 11.6 Å². The molecule has 0 aliphatic carbocycles. The SMILES string of the molecule is Cc1c(-c2cccs2)n(CC(F)(F)F)c2ccc3[nH]c(=O)cc(Cl)c3c12. The summed E-state index contributed by atoms with van der Waals surface area (Å²) in [5.74, 6) is 0. The fourth-order valence-corrected chi connectivity index (χ4v) is 4.55. The zero-order valence-corrected chi connectivity index (χ0v) is 15.0. The number of halogens is 4. The predicted molar refractivity (Wildman–Crippen MR) is 99.2 cm³/mol. The summed E-state index contributed by atoms with van der Waals surface area (Å²) >= 11 is 7.66. The van der Waals surface area contributed by atoms with Crippen molar-refractivity contribution in [2.75, 3.05) is 0 Å². The van der Waals surface area contributed by atoms with Crippen molar-refractivity contribution in [3.8, 4) is 10.6 Å². The minimum atomic E-state index is -4.37. The Bertz CT molecular complexity index is 1190. The molecule has 26 heavy (non-hydrogen) atoms. The number of aromatic amines is 1. The Morgan fingerprint density at radius 2 is 2.00 bits per heavy atom. The third kappa shape index (κ3) is 2.71. The standard InChI is InChI=1S/C18H12ClF3N2OS/c1-9-15-12(5-4-11-16(15)10(19)7-14(25)23-11)24(8-18(20,21)22)17(9)13-3-2-6-26-13/h2-7H,8H2,1H3,(H,23,25). The summed E-state index contributed by atoms with van der Waals surface area (Å²) in [6.07, 6.45) is -4.37. The van der Waals surface area contributed by atoms with Crippen molar-refractivity contribution in [2.45, 2.75) is 19.6 Å². The normalized spacial score (nSPS) is 12.3. The summed E-state index contributed by atoms with van der Waals surface area (Å²) in [6.45, 7) is 0.683. The molecule has 0 spiro atoms. The van der Waals surface area contributed by atoms with E-state index in [-0.39, 0.29) is 10.6 Å². The Morgan fingerprint density at radius 3 is 2.65 bits per heavy atom. The molecule has 0 aliphatic heterocycles. The van der Waals surface area contributed by atoms with Crippen molar-refractivity contribution in [1.82, 2.24) is 9.55 Å². The second-order valence-electron chi connectivity index (χ2n) is 6.02. The molecule has 0 fully saturated rings. The van der Waals surface area contributed by atoms with Gasteiger partial charge in [0.15, 0.2) is 0 Å². The Hall–Kier alpha value is -2.25. The molecule has 3 aromatic heterocycles. The molecule has 0 saturated heterocycles. The number of H-pyrrole nitrogens is 1. The fourth-order valence-electron chi connectivity index (χ4n) is 3.42. The number of alkyl halides is 3. The lowest BCUT2D eigenvalue weighted by molar-refractivity contribution is -0.139. The summed E-state index contributed by atoms with van der Waals surface area (Å²) in [4.78, 5) is 15.1. The van der Waals surface area contributed by atoms with Gasteiger partial charge in [0.2, 0.25) is 5.56 Å². The van der Waals surface area contributed by atoms with Crippen LogP contribution in [0.15, 0.2) is 40.5 Å². The Morgan fingerprint density at radius 1 is 1.23 bits per heavy atom. The maximum absolute atomic E-state index is 13.3. The van der Waals surface area contributed by atoms with Crippen LogP contribution in [0, 0.1) is 6.92 Å². The Kier molecular flexibility index (Phi) is 3.89. The van der Waals surface area contributed by atoms with E-state index in [9.17, 15) is 18.0 Å². The fraction of sp³-hybridized carbons (Fsp3) is 0.167. The van der Waals surface area contributed by atoms with Gasteiger partial charge in [-0.05, 0) is 36.1 Å². The van der Waals surface area contributed by atoms with Crippen molar-refractivity contribution < 1.29 is 13.2 Å². The van der Waals surface area contributed by atoms with Gasteiger partial charge < -0.3 is 9.55 Å². The maximum atomic E-state index is 13.3. The van der Waals surface area contributed by atoms with Crippen molar-refractivity contribution in [2.24, 2.45) is 0 Å². The van der Waals surface area contributed by atoms with E-state index in [2.05, 4.69) is 4.98 Å². The van der Waals surface area contributed by atoms with Crippen LogP contribution in [-0.2, 0) is 6.54 Å². The number of aromatic nitrogens is 2. The minimum Gasteiger partial charge on any atom is -0.330 e. The van der Waals surface area contributed by atoms with Crippen molar-refractivity contribution >= 4 is 44.7 Å². The minimum absolute atomic E-state index is 0.222. The van der Waals surface area contributed by atoms with Gasteiger partial charge in [-0.1, -0.05) is 17.7 Å². The molecular formula is C18H12ClF3N2OS. The number of pyridine rings is 1.